The molecule has 0 spiro atoms. The summed E-state index contributed by atoms with van der Waals surface area (Å²) in [5, 5.41) is 9.49. The first-order valence-electron chi connectivity index (χ1n) is 7.10. The molecule has 0 fully saturated rings. The zero-order chi connectivity index (χ0) is 14.6. The quantitative estimate of drug-likeness (QED) is 0.866. The van der Waals surface area contributed by atoms with Gasteiger partial charge in [0.15, 0.2) is 0 Å². The summed E-state index contributed by atoms with van der Waals surface area (Å²) in [6.45, 7) is 4.42. The third-order valence-electron chi connectivity index (χ3n) is 4.27. The van der Waals surface area contributed by atoms with E-state index in [1.165, 1.54) is 11.1 Å². The summed E-state index contributed by atoms with van der Waals surface area (Å²) in [7, 11) is 1.68. The van der Waals surface area contributed by atoms with Crippen LogP contribution in [0.2, 0.25) is 0 Å². The molecule has 0 saturated heterocycles. The zero-order valence-corrected chi connectivity index (χ0v) is 12.4. The molecule has 2 nitrogen and oxygen atoms in total. The molecule has 20 heavy (non-hydrogen) atoms. The standard InChI is InChI=1S/C18H22O2/c1-4-18(5-2,14-6-10-16(19)11-7-14)15-8-12-17(20-3)13-9-15/h6-13,19H,4-5H2,1-3H3. The first kappa shape index (κ1) is 14.4. The van der Waals surface area contributed by atoms with Gasteiger partial charge >= 0.3 is 0 Å². The normalized spacial score (nSPS) is 11.3. The fraction of sp³-hybridized carbons (Fsp3) is 0.333. The van der Waals surface area contributed by atoms with Gasteiger partial charge in [0.2, 0.25) is 0 Å². The van der Waals surface area contributed by atoms with Crippen LogP contribution >= 0.6 is 0 Å². The molecule has 0 heterocycles. The molecular weight excluding hydrogens is 248 g/mol. The van der Waals surface area contributed by atoms with Crippen molar-refractivity contribution in [3.63, 3.8) is 0 Å². The number of ether oxygens (including phenoxy) is 1. The molecule has 0 saturated carbocycles. The Hall–Kier alpha value is -1.96. The smallest absolute Gasteiger partial charge is 0.118 e. The highest BCUT2D eigenvalue weighted by Crippen LogP contribution is 2.39. The minimum Gasteiger partial charge on any atom is -0.508 e. The number of methoxy groups -OCH3 is 1. The van der Waals surface area contributed by atoms with Gasteiger partial charge in [0, 0.05) is 5.41 Å². The molecular formula is C18H22O2. The molecule has 2 rings (SSSR count). The Balaban J connectivity index is 2.49. The van der Waals surface area contributed by atoms with Crippen LogP contribution in [0, 0.1) is 0 Å². The number of phenols is 1. The molecule has 106 valence electrons. The monoisotopic (exact) mass is 270 g/mol. The molecule has 0 unspecified atom stereocenters. The van der Waals surface area contributed by atoms with E-state index in [-0.39, 0.29) is 5.41 Å². The van der Waals surface area contributed by atoms with Crippen LogP contribution in [0.4, 0.5) is 0 Å². The van der Waals surface area contributed by atoms with Gasteiger partial charge in [0.25, 0.3) is 0 Å². The maximum Gasteiger partial charge on any atom is 0.118 e. The van der Waals surface area contributed by atoms with Crippen LogP contribution in [-0.2, 0) is 5.41 Å². The lowest BCUT2D eigenvalue weighted by atomic mass is 9.70. The van der Waals surface area contributed by atoms with Gasteiger partial charge in [0.05, 0.1) is 7.11 Å². The third kappa shape index (κ3) is 2.51. The zero-order valence-electron chi connectivity index (χ0n) is 12.4. The average Bonchev–Trinajstić information content (AvgIpc) is 2.51. The van der Waals surface area contributed by atoms with Gasteiger partial charge in [-0.05, 0) is 48.2 Å². The van der Waals surface area contributed by atoms with Gasteiger partial charge in [0.1, 0.15) is 11.5 Å². The maximum atomic E-state index is 9.49. The number of hydrogen-bond donors (Lipinski definition) is 1. The Bertz CT molecular complexity index is 537. The van der Waals surface area contributed by atoms with E-state index in [1.807, 2.05) is 24.3 Å². The predicted molar refractivity (Wildman–Crippen MR) is 82.5 cm³/mol. The van der Waals surface area contributed by atoms with Gasteiger partial charge in [-0.15, -0.1) is 0 Å². The molecule has 0 aromatic heterocycles. The molecule has 1 N–H and O–H groups in total. The number of hydrogen-bond acceptors (Lipinski definition) is 2. The van der Waals surface area contributed by atoms with Crippen molar-refractivity contribution in [3.05, 3.63) is 59.7 Å². The van der Waals surface area contributed by atoms with Crippen LogP contribution < -0.4 is 4.74 Å². The van der Waals surface area contributed by atoms with Crippen molar-refractivity contribution in [2.75, 3.05) is 7.11 Å². The molecule has 2 aromatic carbocycles. The van der Waals surface area contributed by atoms with Gasteiger partial charge in [-0.3, -0.25) is 0 Å². The summed E-state index contributed by atoms with van der Waals surface area (Å²) in [5.41, 5.74) is 2.51. The molecule has 0 aliphatic rings. The average molecular weight is 270 g/mol. The van der Waals surface area contributed by atoms with Crippen LogP contribution in [0.5, 0.6) is 11.5 Å². The van der Waals surface area contributed by atoms with E-state index >= 15 is 0 Å². The van der Waals surface area contributed by atoms with Crippen LogP contribution in [-0.4, -0.2) is 12.2 Å². The van der Waals surface area contributed by atoms with Crippen molar-refractivity contribution in [2.24, 2.45) is 0 Å². The van der Waals surface area contributed by atoms with Gasteiger partial charge in [-0.1, -0.05) is 38.1 Å². The highest BCUT2D eigenvalue weighted by Gasteiger charge is 2.30. The maximum absolute atomic E-state index is 9.49. The first-order valence-corrected chi connectivity index (χ1v) is 7.10. The first-order chi connectivity index (χ1) is 9.66. The lowest BCUT2D eigenvalue weighted by molar-refractivity contribution is 0.413. The van der Waals surface area contributed by atoms with Gasteiger partial charge < -0.3 is 9.84 Å². The fourth-order valence-corrected chi connectivity index (χ4v) is 2.92. The lowest BCUT2D eigenvalue weighted by Crippen LogP contribution is -2.25. The second-order valence-electron chi connectivity index (χ2n) is 5.06. The van der Waals surface area contributed by atoms with E-state index < -0.39 is 0 Å². The van der Waals surface area contributed by atoms with Gasteiger partial charge in [-0.2, -0.15) is 0 Å². The SMILES string of the molecule is CCC(CC)(c1ccc(O)cc1)c1ccc(OC)cc1. The molecule has 0 aliphatic carbocycles. The Morgan fingerprint density at radius 2 is 1.30 bits per heavy atom. The van der Waals surface area contributed by atoms with Crippen molar-refractivity contribution >= 4 is 0 Å². The van der Waals surface area contributed by atoms with Crippen LogP contribution in [0.25, 0.3) is 0 Å². The summed E-state index contributed by atoms with van der Waals surface area (Å²) in [5.74, 6) is 1.19. The minimum absolute atomic E-state index is 0.0139. The highest BCUT2D eigenvalue weighted by atomic mass is 16.5. The Morgan fingerprint density at radius 1 is 0.850 bits per heavy atom. The van der Waals surface area contributed by atoms with E-state index in [9.17, 15) is 5.11 Å². The van der Waals surface area contributed by atoms with Crippen molar-refractivity contribution in [3.8, 4) is 11.5 Å². The molecule has 0 aliphatic heterocycles. The summed E-state index contributed by atoms with van der Waals surface area (Å²) >= 11 is 0. The summed E-state index contributed by atoms with van der Waals surface area (Å²) in [4.78, 5) is 0. The summed E-state index contributed by atoms with van der Waals surface area (Å²) in [6, 6.07) is 15.9. The molecule has 2 heteroatoms. The lowest BCUT2D eigenvalue weighted by Gasteiger charge is -2.33. The van der Waals surface area contributed by atoms with Crippen LogP contribution in [0.1, 0.15) is 37.8 Å². The molecule has 2 aromatic rings. The van der Waals surface area contributed by atoms with Crippen molar-refractivity contribution in [1.82, 2.24) is 0 Å². The summed E-state index contributed by atoms with van der Waals surface area (Å²) in [6.07, 6.45) is 2.03. The van der Waals surface area contributed by atoms with E-state index in [0.29, 0.717) is 5.75 Å². The van der Waals surface area contributed by atoms with Crippen LogP contribution in [0.15, 0.2) is 48.5 Å². The van der Waals surface area contributed by atoms with E-state index in [4.69, 9.17) is 4.74 Å². The topological polar surface area (TPSA) is 29.5 Å². The second-order valence-corrected chi connectivity index (χ2v) is 5.06. The number of aromatic hydroxyl groups is 1. The summed E-state index contributed by atoms with van der Waals surface area (Å²) < 4.78 is 5.24. The van der Waals surface area contributed by atoms with Gasteiger partial charge in [-0.25, -0.2) is 0 Å². The van der Waals surface area contributed by atoms with E-state index in [0.717, 1.165) is 18.6 Å². The van der Waals surface area contributed by atoms with Crippen molar-refractivity contribution < 1.29 is 9.84 Å². The number of benzene rings is 2. The third-order valence-corrected chi connectivity index (χ3v) is 4.27. The fourth-order valence-electron chi connectivity index (χ4n) is 2.92. The Labute approximate surface area is 121 Å². The second kappa shape index (κ2) is 6.00. The largest absolute Gasteiger partial charge is 0.508 e. The molecule has 0 bridgehead atoms. The molecule has 0 amide bonds. The Morgan fingerprint density at radius 3 is 1.70 bits per heavy atom. The number of rotatable bonds is 5. The molecule has 0 atom stereocenters. The van der Waals surface area contributed by atoms with Crippen molar-refractivity contribution in [1.29, 1.82) is 0 Å². The Kier molecular flexibility index (Phi) is 4.33. The van der Waals surface area contributed by atoms with E-state index in [1.54, 1.807) is 19.2 Å². The van der Waals surface area contributed by atoms with Crippen molar-refractivity contribution in [2.45, 2.75) is 32.1 Å². The predicted octanol–water partition coefficient (Wildman–Crippen LogP) is 4.51. The van der Waals surface area contributed by atoms with E-state index in [2.05, 4.69) is 26.0 Å². The molecule has 0 radical (unpaired) electrons. The minimum atomic E-state index is -0.0139. The van der Waals surface area contributed by atoms with Crippen LogP contribution in [0.3, 0.4) is 0 Å². The highest BCUT2D eigenvalue weighted by molar-refractivity contribution is 5.42. The number of phenolic OH excluding ortho intramolecular Hbond substituents is 1.